The molecule has 0 aliphatic carbocycles. The molecule has 2 saturated heterocycles. The second-order valence-electron chi connectivity index (χ2n) is 6.23. The Hall–Kier alpha value is -2.66. The summed E-state index contributed by atoms with van der Waals surface area (Å²) in [6.45, 7) is -0.568. The van der Waals surface area contributed by atoms with Crippen LogP contribution >= 0.6 is 0 Å². The number of phenolic OH excluding ortho intramolecular Hbond substituents is 2. The molecule has 0 aromatic heterocycles. The maximum Gasteiger partial charge on any atom is 0.364 e. The summed E-state index contributed by atoms with van der Waals surface area (Å²) in [6, 6.07) is 3.91. The quantitative estimate of drug-likeness (QED) is 0.251. The zero-order valence-corrected chi connectivity index (χ0v) is 13.9. The molecule has 2 bridgehead atoms. The van der Waals surface area contributed by atoms with Crippen LogP contribution in [-0.4, -0.2) is 74.3 Å². The molecule has 3 rings (SSSR count). The van der Waals surface area contributed by atoms with Crippen molar-refractivity contribution in [2.24, 2.45) is 0 Å². The van der Waals surface area contributed by atoms with E-state index in [-0.39, 0.29) is 11.5 Å². The maximum atomic E-state index is 12.0. The van der Waals surface area contributed by atoms with E-state index in [9.17, 15) is 35.1 Å². The van der Waals surface area contributed by atoms with Crippen molar-refractivity contribution in [1.82, 2.24) is 0 Å². The summed E-state index contributed by atoms with van der Waals surface area (Å²) in [7, 11) is 0. The Morgan fingerprint density at radius 3 is 2.63 bits per heavy atom. The standard InChI is InChI=1S/C17H18O10/c18-7-12-15-14(22)11(6-17(26-12,27-15)16(23)24)25-13(21)4-2-8-1-3-9(19)10(20)5-8/h1-5,11-12,14-15,18-20,22H,6-7H2,(H,23,24)/b4-2+/t11-,12-,14+,15+,17+/m0/s1. The van der Waals surface area contributed by atoms with Crippen LogP contribution in [0.25, 0.3) is 6.08 Å². The van der Waals surface area contributed by atoms with Crippen LogP contribution in [0.5, 0.6) is 11.5 Å². The fourth-order valence-corrected chi connectivity index (χ4v) is 3.06. The lowest BCUT2D eigenvalue weighted by molar-refractivity contribution is -0.247. The van der Waals surface area contributed by atoms with Crippen LogP contribution in [0, 0.1) is 0 Å². The van der Waals surface area contributed by atoms with Crippen molar-refractivity contribution < 1.29 is 49.3 Å². The summed E-state index contributed by atoms with van der Waals surface area (Å²) >= 11 is 0. The first-order valence-electron chi connectivity index (χ1n) is 8.04. The molecule has 2 aliphatic rings. The van der Waals surface area contributed by atoms with Gasteiger partial charge in [0, 0.05) is 6.08 Å². The molecular weight excluding hydrogens is 364 g/mol. The Labute approximate surface area is 152 Å². The molecule has 2 aliphatic heterocycles. The summed E-state index contributed by atoms with van der Waals surface area (Å²) < 4.78 is 15.6. The fraction of sp³-hybridized carbons (Fsp3) is 0.412. The molecule has 1 aromatic rings. The highest BCUT2D eigenvalue weighted by molar-refractivity contribution is 5.87. The van der Waals surface area contributed by atoms with E-state index in [2.05, 4.69) is 0 Å². The minimum Gasteiger partial charge on any atom is -0.504 e. The lowest BCUT2D eigenvalue weighted by atomic mass is 9.95. The predicted molar refractivity (Wildman–Crippen MR) is 86.5 cm³/mol. The zero-order valence-electron chi connectivity index (χ0n) is 13.9. The number of ether oxygens (including phenoxy) is 3. The van der Waals surface area contributed by atoms with Gasteiger partial charge in [-0.1, -0.05) is 6.07 Å². The number of carboxylic acids is 1. The Morgan fingerprint density at radius 2 is 2.00 bits per heavy atom. The fourth-order valence-electron chi connectivity index (χ4n) is 3.06. The van der Waals surface area contributed by atoms with E-state index in [0.717, 1.165) is 6.08 Å². The van der Waals surface area contributed by atoms with Gasteiger partial charge < -0.3 is 39.7 Å². The average molecular weight is 382 g/mol. The van der Waals surface area contributed by atoms with E-state index in [1.807, 2.05) is 0 Å². The van der Waals surface area contributed by atoms with Gasteiger partial charge in [0.1, 0.15) is 24.4 Å². The second-order valence-corrected chi connectivity index (χ2v) is 6.23. The minimum atomic E-state index is -2.10. The number of aliphatic hydroxyl groups is 2. The number of aromatic hydroxyl groups is 2. The molecule has 0 saturated carbocycles. The highest BCUT2D eigenvalue weighted by atomic mass is 16.8. The van der Waals surface area contributed by atoms with Gasteiger partial charge in [0.2, 0.25) is 0 Å². The Bertz CT molecular complexity index is 771. The molecule has 0 spiro atoms. The molecule has 10 heteroatoms. The smallest absolute Gasteiger partial charge is 0.364 e. The molecule has 0 unspecified atom stereocenters. The van der Waals surface area contributed by atoms with E-state index in [0.29, 0.717) is 5.56 Å². The number of carbonyl (C=O) groups is 2. The lowest BCUT2D eigenvalue weighted by Gasteiger charge is -2.35. The normalized spacial score (nSPS) is 32.5. The van der Waals surface area contributed by atoms with Crippen molar-refractivity contribution in [2.75, 3.05) is 6.61 Å². The van der Waals surface area contributed by atoms with Crippen molar-refractivity contribution in [3.05, 3.63) is 29.8 Å². The van der Waals surface area contributed by atoms with Gasteiger partial charge in [-0.3, -0.25) is 0 Å². The van der Waals surface area contributed by atoms with Gasteiger partial charge in [-0.25, -0.2) is 9.59 Å². The first-order valence-corrected chi connectivity index (χ1v) is 8.04. The molecule has 27 heavy (non-hydrogen) atoms. The van der Waals surface area contributed by atoms with Crippen LogP contribution in [0.2, 0.25) is 0 Å². The van der Waals surface area contributed by atoms with Crippen LogP contribution in [0.4, 0.5) is 0 Å². The van der Waals surface area contributed by atoms with Crippen molar-refractivity contribution in [2.45, 2.75) is 36.6 Å². The molecule has 1 aromatic carbocycles. The van der Waals surface area contributed by atoms with Gasteiger partial charge in [0.05, 0.1) is 13.0 Å². The molecule has 0 amide bonds. The van der Waals surface area contributed by atoms with Gasteiger partial charge in [0.15, 0.2) is 11.5 Å². The third kappa shape index (κ3) is 3.60. The number of rotatable bonds is 5. The van der Waals surface area contributed by atoms with Crippen LogP contribution in [0.3, 0.4) is 0 Å². The van der Waals surface area contributed by atoms with Crippen LogP contribution in [0.15, 0.2) is 24.3 Å². The van der Waals surface area contributed by atoms with Crippen molar-refractivity contribution >= 4 is 18.0 Å². The number of hydrogen-bond acceptors (Lipinski definition) is 9. The van der Waals surface area contributed by atoms with E-state index >= 15 is 0 Å². The Balaban J connectivity index is 1.71. The second kappa shape index (κ2) is 7.16. The Kier molecular flexibility index (Phi) is 5.07. The highest BCUT2D eigenvalue weighted by Crippen LogP contribution is 2.41. The van der Waals surface area contributed by atoms with Gasteiger partial charge in [-0.15, -0.1) is 0 Å². The molecule has 10 nitrogen and oxygen atoms in total. The number of esters is 1. The van der Waals surface area contributed by atoms with Gasteiger partial charge in [-0.2, -0.15) is 0 Å². The third-order valence-electron chi connectivity index (χ3n) is 4.41. The molecule has 0 radical (unpaired) electrons. The molecule has 2 heterocycles. The zero-order chi connectivity index (χ0) is 19.8. The van der Waals surface area contributed by atoms with Crippen molar-refractivity contribution in [3.63, 3.8) is 0 Å². The average Bonchev–Trinajstić information content (AvgIpc) is 2.96. The van der Waals surface area contributed by atoms with E-state index in [4.69, 9.17) is 14.2 Å². The van der Waals surface area contributed by atoms with Crippen LogP contribution in [0.1, 0.15) is 12.0 Å². The first-order chi connectivity index (χ1) is 12.8. The summed E-state index contributed by atoms with van der Waals surface area (Å²) in [5.41, 5.74) is 0.403. The summed E-state index contributed by atoms with van der Waals surface area (Å²) in [5, 5.41) is 47.6. The van der Waals surface area contributed by atoms with E-state index in [1.54, 1.807) is 0 Å². The SMILES string of the molecule is O=C(/C=C/c1ccc(O)c(O)c1)O[C@H]1C[C@]2(C(=O)O)O[C@@H]([C@@H]1O)[C@H](CO)O2. The van der Waals surface area contributed by atoms with Crippen LogP contribution < -0.4 is 0 Å². The lowest BCUT2D eigenvalue weighted by Crippen LogP contribution is -2.55. The highest BCUT2D eigenvalue weighted by Gasteiger charge is 2.62. The van der Waals surface area contributed by atoms with Gasteiger partial charge in [0.25, 0.3) is 5.79 Å². The number of aliphatic hydroxyl groups excluding tert-OH is 2. The van der Waals surface area contributed by atoms with Crippen molar-refractivity contribution in [3.8, 4) is 11.5 Å². The molecule has 146 valence electrons. The topological polar surface area (TPSA) is 163 Å². The summed E-state index contributed by atoms with van der Waals surface area (Å²) in [4.78, 5) is 23.5. The number of fused-ring (bicyclic) bond motifs is 2. The van der Waals surface area contributed by atoms with Crippen molar-refractivity contribution in [1.29, 1.82) is 0 Å². The maximum absolute atomic E-state index is 12.0. The monoisotopic (exact) mass is 382 g/mol. The number of carbonyl (C=O) groups excluding carboxylic acids is 1. The number of phenols is 2. The number of hydrogen-bond donors (Lipinski definition) is 5. The van der Waals surface area contributed by atoms with E-state index in [1.165, 1.54) is 24.3 Å². The van der Waals surface area contributed by atoms with Crippen LogP contribution in [-0.2, 0) is 23.8 Å². The molecule has 5 N–H and O–H groups in total. The minimum absolute atomic E-state index is 0.312. The Morgan fingerprint density at radius 1 is 1.26 bits per heavy atom. The molecule has 2 fully saturated rings. The number of benzene rings is 1. The van der Waals surface area contributed by atoms with Gasteiger partial charge in [-0.05, 0) is 23.8 Å². The largest absolute Gasteiger partial charge is 0.504 e. The number of aliphatic carboxylic acids is 1. The third-order valence-corrected chi connectivity index (χ3v) is 4.41. The number of carboxylic acid groups (broad SMARTS) is 1. The molecular formula is C17H18O10. The molecule has 5 atom stereocenters. The van der Waals surface area contributed by atoms with E-state index < -0.39 is 55.2 Å². The summed E-state index contributed by atoms with van der Waals surface area (Å²) in [6.07, 6.45) is -2.94. The first kappa shape index (κ1) is 19.1. The predicted octanol–water partition coefficient (Wildman–Crippen LogP) is -0.655. The van der Waals surface area contributed by atoms with Gasteiger partial charge >= 0.3 is 11.9 Å². The summed E-state index contributed by atoms with van der Waals surface area (Å²) in [5.74, 6) is -5.10.